The minimum atomic E-state index is -0.631. The van der Waals surface area contributed by atoms with E-state index < -0.39 is 24.2 Å². The Morgan fingerprint density at radius 2 is 2.07 bits per heavy atom. The number of carbonyl (C=O) groups excluding carboxylic acids is 2. The van der Waals surface area contributed by atoms with Crippen molar-refractivity contribution >= 4 is 11.8 Å². The first-order chi connectivity index (χ1) is 14.1. The Labute approximate surface area is 167 Å². The average Bonchev–Trinajstić information content (AvgIpc) is 2.74. The van der Waals surface area contributed by atoms with Crippen LogP contribution in [0, 0.1) is 5.82 Å². The van der Waals surface area contributed by atoms with Gasteiger partial charge in [0.2, 0.25) is 5.91 Å². The van der Waals surface area contributed by atoms with Crippen LogP contribution in [0.15, 0.2) is 42.9 Å². The van der Waals surface area contributed by atoms with Crippen molar-refractivity contribution in [3.8, 4) is 0 Å². The van der Waals surface area contributed by atoms with Crippen molar-refractivity contribution in [1.82, 2.24) is 20.6 Å². The number of carbonyl (C=O) groups is 2. The number of aliphatic hydroxyl groups is 1. The summed E-state index contributed by atoms with van der Waals surface area (Å²) in [6.07, 6.45) is 4.40. The maximum absolute atomic E-state index is 13.6. The zero-order valence-corrected chi connectivity index (χ0v) is 15.8. The summed E-state index contributed by atoms with van der Waals surface area (Å²) in [5, 5.41) is 15.1. The lowest BCUT2D eigenvalue weighted by Gasteiger charge is -2.35. The highest BCUT2D eigenvalue weighted by Crippen LogP contribution is 2.22. The van der Waals surface area contributed by atoms with Gasteiger partial charge in [0.1, 0.15) is 17.6 Å². The van der Waals surface area contributed by atoms with Gasteiger partial charge in [-0.2, -0.15) is 0 Å². The van der Waals surface area contributed by atoms with E-state index in [4.69, 9.17) is 4.74 Å². The van der Waals surface area contributed by atoms with Gasteiger partial charge in [0.15, 0.2) is 0 Å². The monoisotopic (exact) mass is 402 g/mol. The predicted octanol–water partition coefficient (Wildman–Crippen LogP) is 0.961. The molecule has 2 amide bonds. The summed E-state index contributed by atoms with van der Waals surface area (Å²) in [5.74, 6) is -1.04. The lowest BCUT2D eigenvalue weighted by molar-refractivity contribution is -0.131. The molecule has 0 radical (unpaired) electrons. The van der Waals surface area contributed by atoms with E-state index in [0.717, 1.165) is 0 Å². The molecule has 1 saturated heterocycles. The van der Waals surface area contributed by atoms with Crippen LogP contribution in [0.4, 0.5) is 4.39 Å². The molecule has 2 heterocycles. The van der Waals surface area contributed by atoms with E-state index in [1.807, 2.05) is 0 Å². The van der Waals surface area contributed by atoms with Crippen LogP contribution in [-0.4, -0.2) is 51.7 Å². The van der Waals surface area contributed by atoms with Crippen molar-refractivity contribution in [2.45, 2.75) is 44.1 Å². The molecule has 154 valence electrons. The molecule has 1 aromatic heterocycles. The van der Waals surface area contributed by atoms with Crippen molar-refractivity contribution in [1.29, 1.82) is 0 Å². The third-order valence-electron chi connectivity index (χ3n) is 4.75. The predicted molar refractivity (Wildman–Crippen MR) is 101 cm³/mol. The lowest BCUT2D eigenvalue weighted by Crippen LogP contribution is -2.51. The standard InChI is InChI=1S/C20H23FN4O4/c21-15-4-2-1-3-13(15)10-24-19(27)9-14-5-6-16(18(12-26)29-14)25-20(28)17-11-22-7-8-23-17/h1-4,7-8,11,14,16,18,26H,5-6,9-10,12H2,(H,24,27)(H,25,28)/t14-,16-,18-/m1/s1. The van der Waals surface area contributed by atoms with Crippen LogP contribution in [0.3, 0.4) is 0 Å². The Bertz CT molecular complexity index is 836. The second-order valence-corrected chi connectivity index (χ2v) is 6.80. The van der Waals surface area contributed by atoms with Crippen LogP contribution in [0.25, 0.3) is 0 Å². The molecule has 0 bridgehead atoms. The number of hydrogen-bond donors (Lipinski definition) is 3. The van der Waals surface area contributed by atoms with E-state index in [-0.39, 0.29) is 37.0 Å². The Morgan fingerprint density at radius 1 is 1.24 bits per heavy atom. The van der Waals surface area contributed by atoms with Gasteiger partial charge in [0, 0.05) is 24.5 Å². The highest BCUT2D eigenvalue weighted by atomic mass is 19.1. The normalized spacial score (nSPS) is 21.4. The molecule has 0 aliphatic carbocycles. The molecule has 3 N–H and O–H groups in total. The summed E-state index contributed by atoms with van der Waals surface area (Å²) in [4.78, 5) is 32.2. The first kappa shape index (κ1) is 20.8. The first-order valence-corrected chi connectivity index (χ1v) is 9.40. The molecule has 0 spiro atoms. The second-order valence-electron chi connectivity index (χ2n) is 6.80. The zero-order valence-electron chi connectivity index (χ0n) is 15.8. The van der Waals surface area contributed by atoms with Crippen LogP contribution in [0.2, 0.25) is 0 Å². The zero-order chi connectivity index (χ0) is 20.6. The summed E-state index contributed by atoms with van der Waals surface area (Å²) in [5.41, 5.74) is 0.587. The number of hydrogen-bond acceptors (Lipinski definition) is 6. The summed E-state index contributed by atoms with van der Waals surface area (Å²) >= 11 is 0. The lowest BCUT2D eigenvalue weighted by atomic mass is 9.96. The van der Waals surface area contributed by atoms with E-state index in [9.17, 15) is 19.1 Å². The van der Waals surface area contributed by atoms with Crippen LogP contribution in [0.1, 0.15) is 35.3 Å². The van der Waals surface area contributed by atoms with Gasteiger partial charge in [0.05, 0.1) is 31.4 Å². The number of aromatic nitrogens is 2. The highest BCUT2D eigenvalue weighted by molar-refractivity contribution is 5.92. The maximum Gasteiger partial charge on any atom is 0.271 e. The largest absolute Gasteiger partial charge is 0.394 e. The van der Waals surface area contributed by atoms with Crippen LogP contribution in [0.5, 0.6) is 0 Å². The molecule has 3 rings (SSSR count). The van der Waals surface area contributed by atoms with Crippen molar-refractivity contribution in [3.05, 3.63) is 59.9 Å². The van der Waals surface area contributed by atoms with Crippen LogP contribution < -0.4 is 10.6 Å². The van der Waals surface area contributed by atoms with Gasteiger partial charge in [-0.1, -0.05) is 18.2 Å². The van der Waals surface area contributed by atoms with Crippen molar-refractivity contribution in [3.63, 3.8) is 0 Å². The molecule has 29 heavy (non-hydrogen) atoms. The topological polar surface area (TPSA) is 113 Å². The van der Waals surface area contributed by atoms with Gasteiger partial charge < -0.3 is 20.5 Å². The second kappa shape index (κ2) is 10.0. The third kappa shape index (κ3) is 5.78. The number of benzene rings is 1. The summed E-state index contributed by atoms with van der Waals surface area (Å²) < 4.78 is 19.4. The van der Waals surface area contributed by atoms with Gasteiger partial charge in [-0.05, 0) is 18.9 Å². The Kier molecular flexibility index (Phi) is 7.20. The fraction of sp³-hybridized carbons (Fsp3) is 0.400. The summed E-state index contributed by atoms with van der Waals surface area (Å²) in [6, 6.07) is 5.85. The fourth-order valence-electron chi connectivity index (χ4n) is 3.22. The molecular formula is C20H23FN4O4. The number of rotatable bonds is 7. The Morgan fingerprint density at radius 3 is 2.79 bits per heavy atom. The minimum absolute atomic E-state index is 0.0930. The SMILES string of the molecule is O=C(C[C@H]1CC[C@@H](NC(=O)c2cnccn2)[C@@H](CO)O1)NCc1ccccc1F. The van der Waals surface area contributed by atoms with Gasteiger partial charge >= 0.3 is 0 Å². The quantitative estimate of drug-likeness (QED) is 0.636. The van der Waals surface area contributed by atoms with Gasteiger partial charge in [-0.15, -0.1) is 0 Å². The van der Waals surface area contributed by atoms with Gasteiger partial charge in [-0.3, -0.25) is 14.6 Å². The van der Waals surface area contributed by atoms with E-state index in [2.05, 4.69) is 20.6 Å². The summed E-state index contributed by atoms with van der Waals surface area (Å²) in [7, 11) is 0. The minimum Gasteiger partial charge on any atom is -0.394 e. The smallest absolute Gasteiger partial charge is 0.271 e. The van der Waals surface area contributed by atoms with E-state index in [0.29, 0.717) is 18.4 Å². The van der Waals surface area contributed by atoms with Gasteiger partial charge in [0.25, 0.3) is 5.91 Å². The number of nitrogens with one attached hydrogen (secondary N) is 2. The van der Waals surface area contributed by atoms with Crippen molar-refractivity contribution in [2.24, 2.45) is 0 Å². The van der Waals surface area contributed by atoms with Crippen molar-refractivity contribution in [2.75, 3.05) is 6.61 Å². The van der Waals surface area contributed by atoms with Gasteiger partial charge in [-0.25, -0.2) is 9.37 Å². The molecule has 1 aliphatic heterocycles. The highest BCUT2D eigenvalue weighted by Gasteiger charge is 2.33. The van der Waals surface area contributed by atoms with Crippen LogP contribution >= 0.6 is 0 Å². The molecule has 2 aromatic rings. The molecule has 9 heteroatoms. The molecular weight excluding hydrogens is 379 g/mol. The number of aliphatic hydroxyl groups excluding tert-OH is 1. The molecule has 0 saturated carbocycles. The van der Waals surface area contributed by atoms with E-state index >= 15 is 0 Å². The van der Waals surface area contributed by atoms with Crippen molar-refractivity contribution < 1.29 is 23.8 Å². The fourth-order valence-corrected chi connectivity index (χ4v) is 3.22. The first-order valence-electron chi connectivity index (χ1n) is 9.40. The third-order valence-corrected chi connectivity index (χ3v) is 4.75. The summed E-state index contributed by atoms with van der Waals surface area (Å²) in [6.45, 7) is -0.197. The Balaban J connectivity index is 1.48. The number of halogens is 1. The molecule has 1 fully saturated rings. The average molecular weight is 402 g/mol. The molecule has 3 atom stereocenters. The van der Waals surface area contributed by atoms with E-state index in [1.54, 1.807) is 18.2 Å². The number of ether oxygens (including phenoxy) is 1. The Hall–Kier alpha value is -2.91. The number of amides is 2. The maximum atomic E-state index is 13.6. The number of nitrogens with zero attached hydrogens (tertiary/aromatic N) is 2. The molecule has 8 nitrogen and oxygen atoms in total. The molecule has 1 aliphatic rings. The van der Waals surface area contributed by atoms with Crippen LogP contribution in [-0.2, 0) is 16.1 Å². The van der Waals surface area contributed by atoms with E-state index in [1.165, 1.54) is 24.7 Å². The molecule has 1 aromatic carbocycles. The molecule has 0 unspecified atom stereocenters.